The topological polar surface area (TPSA) is 34.2 Å². The zero-order valence-electron chi connectivity index (χ0n) is 13.1. The number of hydrogen-bond donors (Lipinski definition) is 1. The van der Waals surface area contributed by atoms with Crippen molar-refractivity contribution in [2.75, 3.05) is 20.6 Å². The second-order valence-electron chi connectivity index (χ2n) is 6.63. The van der Waals surface area contributed by atoms with Crippen LogP contribution in [-0.2, 0) is 6.42 Å². The fraction of sp³-hybridized carbons (Fsp3) is 0.750. The highest BCUT2D eigenvalue weighted by Crippen LogP contribution is 2.34. The van der Waals surface area contributed by atoms with E-state index in [-0.39, 0.29) is 6.04 Å². The minimum atomic E-state index is 0.246. The van der Waals surface area contributed by atoms with Gasteiger partial charge < -0.3 is 15.2 Å². The van der Waals surface area contributed by atoms with E-state index < -0.39 is 0 Å². The zero-order valence-corrected chi connectivity index (χ0v) is 13.1. The van der Waals surface area contributed by atoms with E-state index in [2.05, 4.69) is 50.4 Å². The Bertz CT molecular complexity index is 431. The molecule has 1 heterocycles. The SMILES string of the molecule is Cc1cc2c(n1C(CN(C)C)C(C)C)CCCC2N. The Morgan fingerprint density at radius 3 is 2.68 bits per heavy atom. The summed E-state index contributed by atoms with van der Waals surface area (Å²) in [7, 11) is 4.32. The number of aryl methyl sites for hydroxylation is 1. The maximum atomic E-state index is 6.28. The summed E-state index contributed by atoms with van der Waals surface area (Å²) in [5, 5.41) is 0. The first-order chi connectivity index (χ1) is 8.91. The van der Waals surface area contributed by atoms with Gasteiger partial charge in [-0.25, -0.2) is 0 Å². The Labute approximate surface area is 117 Å². The van der Waals surface area contributed by atoms with Gasteiger partial charge in [0.15, 0.2) is 0 Å². The third-order valence-electron chi connectivity index (χ3n) is 4.35. The molecule has 0 aromatic carbocycles. The number of aromatic nitrogens is 1. The Balaban J connectivity index is 2.42. The van der Waals surface area contributed by atoms with Crippen LogP contribution in [0.25, 0.3) is 0 Å². The lowest BCUT2D eigenvalue weighted by Crippen LogP contribution is -2.30. The predicted octanol–water partition coefficient (Wildman–Crippen LogP) is 2.89. The summed E-state index contributed by atoms with van der Waals surface area (Å²) < 4.78 is 2.57. The van der Waals surface area contributed by atoms with Crippen molar-refractivity contribution in [3.8, 4) is 0 Å². The van der Waals surface area contributed by atoms with E-state index in [1.54, 1.807) is 0 Å². The lowest BCUT2D eigenvalue weighted by Gasteiger charge is -2.31. The third-order valence-corrected chi connectivity index (χ3v) is 4.35. The highest BCUT2D eigenvalue weighted by atomic mass is 15.1. The lowest BCUT2D eigenvalue weighted by atomic mass is 9.93. The van der Waals surface area contributed by atoms with Crippen molar-refractivity contribution in [1.82, 2.24) is 9.47 Å². The molecule has 2 unspecified atom stereocenters. The van der Waals surface area contributed by atoms with Crippen LogP contribution in [0.15, 0.2) is 6.07 Å². The number of likely N-dealkylation sites (N-methyl/N-ethyl adjacent to an activating group) is 1. The maximum Gasteiger partial charge on any atom is 0.0485 e. The first-order valence-corrected chi connectivity index (χ1v) is 7.52. The fourth-order valence-electron chi connectivity index (χ4n) is 3.39. The van der Waals surface area contributed by atoms with Gasteiger partial charge in [-0.1, -0.05) is 13.8 Å². The van der Waals surface area contributed by atoms with E-state index in [0.29, 0.717) is 12.0 Å². The molecule has 1 aromatic rings. The van der Waals surface area contributed by atoms with Crippen LogP contribution in [0.1, 0.15) is 55.7 Å². The monoisotopic (exact) mass is 263 g/mol. The maximum absolute atomic E-state index is 6.28. The molecule has 2 rings (SSSR count). The highest BCUT2D eigenvalue weighted by Gasteiger charge is 2.27. The molecule has 0 saturated carbocycles. The summed E-state index contributed by atoms with van der Waals surface area (Å²) in [5.41, 5.74) is 10.6. The van der Waals surface area contributed by atoms with Crippen molar-refractivity contribution in [2.24, 2.45) is 11.7 Å². The van der Waals surface area contributed by atoms with Gasteiger partial charge in [-0.2, -0.15) is 0 Å². The number of hydrogen-bond acceptors (Lipinski definition) is 2. The molecule has 1 aromatic heterocycles. The number of nitrogens with two attached hydrogens (primary N) is 1. The molecule has 1 aliphatic rings. The number of fused-ring (bicyclic) bond motifs is 1. The molecule has 19 heavy (non-hydrogen) atoms. The summed E-state index contributed by atoms with van der Waals surface area (Å²) in [4.78, 5) is 2.29. The summed E-state index contributed by atoms with van der Waals surface area (Å²) >= 11 is 0. The Hall–Kier alpha value is -0.800. The van der Waals surface area contributed by atoms with Crippen LogP contribution >= 0.6 is 0 Å². The van der Waals surface area contributed by atoms with Crippen LogP contribution in [0.2, 0.25) is 0 Å². The highest BCUT2D eigenvalue weighted by molar-refractivity contribution is 5.33. The van der Waals surface area contributed by atoms with Crippen LogP contribution in [0, 0.1) is 12.8 Å². The van der Waals surface area contributed by atoms with Gasteiger partial charge in [-0.15, -0.1) is 0 Å². The van der Waals surface area contributed by atoms with Crippen LogP contribution in [0.5, 0.6) is 0 Å². The van der Waals surface area contributed by atoms with Crippen molar-refractivity contribution >= 4 is 0 Å². The summed E-state index contributed by atoms with van der Waals surface area (Å²) in [6.07, 6.45) is 3.55. The van der Waals surface area contributed by atoms with Crippen molar-refractivity contribution in [3.05, 3.63) is 23.0 Å². The first kappa shape index (κ1) is 14.6. The molecule has 0 amide bonds. The van der Waals surface area contributed by atoms with Gasteiger partial charge in [-0.05, 0) is 57.8 Å². The van der Waals surface area contributed by atoms with Gasteiger partial charge in [0.2, 0.25) is 0 Å². The second-order valence-corrected chi connectivity index (χ2v) is 6.63. The predicted molar refractivity (Wildman–Crippen MR) is 81.5 cm³/mol. The van der Waals surface area contributed by atoms with E-state index in [1.165, 1.54) is 29.8 Å². The van der Waals surface area contributed by atoms with Gasteiger partial charge in [0.05, 0.1) is 0 Å². The van der Waals surface area contributed by atoms with Crippen LogP contribution in [0.4, 0.5) is 0 Å². The van der Waals surface area contributed by atoms with E-state index in [4.69, 9.17) is 5.73 Å². The van der Waals surface area contributed by atoms with Crippen LogP contribution in [0.3, 0.4) is 0 Å². The largest absolute Gasteiger partial charge is 0.344 e. The van der Waals surface area contributed by atoms with Crippen LogP contribution in [-0.4, -0.2) is 30.1 Å². The summed E-state index contributed by atoms with van der Waals surface area (Å²) in [6, 6.07) is 3.12. The molecule has 0 radical (unpaired) electrons. The second kappa shape index (κ2) is 5.68. The van der Waals surface area contributed by atoms with E-state index >= 15 is 0 Å². The van der Waals surface area contributed by atoms with Gasteiger partial charge in [0.1, 0.15) is 0 Å². The molecule has 108 valence electrons. The van der Waals surface area contributed by atoms with Gasteiger partial charge >= 0.3 is 0 Å². The lowest BCUT2D eigenvalue weighted by molar-refractivity contribution is 0.261. The molecule has 2 atom stereocenters. The molecule has 0 saturated heterocycles. The molecular formula is C16H29N3. The Morgan fingerprint density at radius 1 is 1.42 bits per heavy atom. The van der Waals surface area contributed by atoms with Crippen LogP contribution < -0.4 is 5.73 Å². The smallest absolute Gasteiger partial charge is 0.0485 e. The minimum absolute atomic E-state index is 0.246. The van der Waals surface area contributed by atoms with Gasteiger partial charge in [-0.3, -0.25) is 0 Å². The summed E-state index contributed by atoms with van der Waals surface area (Å²) in [6.45, 7) is 7.97. The Kier molecular flexibility index (Phi) is 4.36. The first-order valence-electron chi connectivity index (χ1n) is 7.52. The third kappa shape index (κ3) is 2.87. The number of rotatable bonds is 4. The van der Waals surface area contributed by atoms with E-state index in [0.717, 1.165) is 13.0 Å². The van der Waals surface area contributed by atoms with Gasteiger partial charge in [0.25, 0.3) is 0 Å². The average Bonchev–Trinajstić information content (AvgIpc) is 2.64. The molecular weight excluding hydrogens is 234 g/mol. The minimum Gasteiger partial charge on any atom is -0.344 e. The zero-order chi connectivity index (χ0) is 14.2. The fourth-order valence-corrected chi connectivity index (χ4v) is 3.39. The molecule has 0 aliphatic heterocycles. The average molecular weight is 263 g/mol. The van der Waals surface area contributed by atoms with Gasteiger partial charge in [0, 0.05) is 30.0 Å². The summed E-state index contributed by atoms with van der Waals surface area (Å²) in [5.74, 6) is 0.635. The molecule has 0 bridgehead atoms. The standard InChI is InChI=1S/C16H29N3/c1-11(2)16(10-18(4)5)19-12(3)9-13-14(17)7-6-8-15(13)19/h9,11,14,16H,6-8,10,17H2,1-5H3. The quantitative estimate of drug-likeness (QED) is 0.906. The molecule has 3 nitrogen and oxygen atoms in total. The van der Waals surface area contributed by atoms with Crippen molar-refractivity contribution in [1.29, 1.82) is 0 Å². The molecule has 1 aliphatic carbocycles. The molecule has 3 heteroatoms. The molecule has 0 fully saturated rings. The number of nitrogens with zero attached hydrogens (tertiary/aromatic N) is 2. The molecule has 0 spiro atoms. The van der Waals surface area contributed by atoms with Crippen molar-refractivity contribution in [2.45, 2.75) is 52.1 Å². The Morgan fingerprint density at radius 2 is 2.11 bits per heavy atom. The molecule has 2 N–H and O–H groups in total. The van der Waals surface area contributed by atoms with E-state index in [1.807, 2.05) is 0 Å². The van der Waals surface area contributed by atoms with Crippen molar-refractivity contribution < 1.29 is 0 Å². The van der Waals surface area contributed by atoms with E-state index in [9.17, 15) is 0 Å². The van der Waals surface area contributed by atoms with Crippen molar-refractivity contribution in [3.63, 3.8) is 0 Å². The normalized spacial score (nSPS) is 20.9.